The number of carbonyl (C=O) groups is 1. The Morgan fingerprint density at radius 1 is 1.06 bits per heavy atom. The maximum absolute atomic E-state index is 13.6. The van der Waals surface area contributed by atoms with Crippen LogP contribution in [0.25, 0.3) is 17.1 Å². The van der Waals surface area contributed by atoms with Gasteiger partial charge in [0.25, 0.3) is 5.91 Å². The average molecular weight is 459 g/mol. The second-order valence-corrected chi connectivity index (χ2v) is 9.16. The van der Waals surface area contributed by atoms with E-state index in [4.69, 9.17) is 0 Å². The summed E-state index contributed by atoms with van der Waals surface area (Å²) in [5.41, 5.74) is 4.57. The molecule has 1 saturated carbocycles. The van der Waals surface area contributed by atoms with E-state index < -0.39 is 0 Å². The van der Waals surface area contributed by atoms with Crippen molar-refractivity contribution in [3.8, 4) is 17.1 Å². The van der Waals surface area contributed by atoms with E-state index >= 15 is 0 Å². The van der Waals surface area contributed by atoms with E-state index in [1.165, 1.54) is 23.9 Å². The Labute approximate surface area is 196 Å². The molecule has 1 amide bonds. The summed E-state index contributed by atoms with van der Waals surface area (Å²) in [5, 5.41) is 12.6. The van der Waals surface area contributed by atoms with E-state index in [1.807, 2.05) is 60.0 Å². The molecule has 0 aliphatic heterocycles. The summed E-state index contributed by atoms with van der Waals surface area (Å²) in [6, 6.07) is 22.4. The standard InChI is InChI=1S/C26H23FN4OS/c1-17-5-7-19(8-6-17)24-29-30-26(31(24)23-13-9-21(27)10-14-23)33-16-18-3-2-4-20(15-18)25(32)28-22-11-12-22/h2-10,13-15,22H,11-12,16H2,1H3,(H,28,32). The normalized spacial score (nSPS) is 13.2. The van der Waals surface area contributed by atoms with Gasteiger partial charge in [-0.15, -0.1) is 10.2 Å². The van der Waals surface area contributed by atoms with Gasteiger partial charge in [-0.25, -0.2) is 4.39 Å². The summed E-state index contributed by atoms with van der Waals surface area (Å²) in [7, 11) is 0. The maximum atomic E-state index is 13.6. The van der Waals surface area contributed by atoms with Crippen molar-refractivity contribution < 1.29 is 9.18 Å². The first-order valence-electron chi connectivity index (χ1n) is 10.9. The van der Waals surface area contributed by atoms with Gasteiger partial charge in [-0.1, -0.05) is 53.7 Å². The van der Waals surface area contributed by atoms with Crippen LogP contribution in [0, 0.1) is 12.7 Å². The van der Waals surface area contributed by atoms with Crippen LogP contribution in [0.5, 0.6) is 0 Å². The van der Waals surface area contributed by atoms with E-state index in [1.54, 1.807) is 12.1 Å². The lowest BCUT2D eigenvalue weighted by Crippen LogP contribution is -2.25. The van der Waals surface area contributed by atoms with Crippen LogP contribution in [0.1, 0.15) is 34.3 Å². The molecule has 1 N–H and O–H groups in total. The molecule has 1 aliphatic rings. The van der Waals surface area contributed by atoms with Gasteiger partial charge in [0.1, 0.15) is 5.82 Å². The topological polar surface area (TPSA) is 59.8 Å². The van der Waals surface area contributed by atoms with Crippen LogP contribution in [0.4, 0.5) is 4.39 Å². The van der Waals surface area contributed by atoms with Crippen molar-refractivity contribution in [2.75, 3.05) is 0 Å². The Kier molecular flexibility index (Phi) is 5.96. The van der Waals surface area contributed by atoms with Gasteiger partial charge in [-0.3, -0.25) is 9.36 Å². The molecule has 1 heterocycles. The van der Waals surface area contributed by atoms with Crippen molar-refractivity contribution in [1.82, 2.24) is 20.1 Å². The molecule has 166 valence electrons. The van der Waals surface area contributed by atoms with E-state index in [9.17, 15) is 9.18 Å². The molecule has 0 spiro atoms. The SMILES string of the molecule is Cc1ccc(-c2nnc(SCc3cccc(C(=O)NC4CC4)c3)n2-c2ccc(F)cc2)cc1. The first-order chi connectivity index (χ1) is 16.1. The lowest BCUT2D eigenvalue weighted by atomic mass is 10.1. The van der Waals surface area contributed by atoms with Gasteiger partial charge in [-0.05, 0) is 61.7 Å². The monoisotopic (exact) mass is 458 g/mol. The van der Waals surface area contributed by atoms with Crippen LogP contribution in [0.15, 0.2) is 78.0 Å². The van der Waals surface area contributed by atoms with E-state index in [0.717, 1.165) is 35.2 Å². The molecule has 0 unspecified atom stereocenters. The number of thioether (sulfide) groups is 1. The zero-order valence-corrected chi connectivity index (χ0v) is 19.0. The summed E-state index contributed by atoms with van der Waals surface area (Å²) in [6.45, 7) is 2.04. The number of amides is 1. The third-order valence-electron chi connectivity index (χ3n) is 5.50. The number of benzene rings is 3. The van der Waals surface area contributed by atoms with Crippen LogP contribution in [0.2, 0.25) is 0 Å². The van der Waals surface area contributed by atoms with Crippen LogP contribution in [-0.2, 0) is 5.75 Å². The zero-order valence-electron chi connectivity index (χ0n) is 18.2. The summed E-state index contributed by atoms with van der Waals surface area (Å²) in [5.74, 6) is 0.999. The molecule has 7 heteroatoms. The van der Waals surface area contributed by atoms with Gasteiger partial charge in [-0.2, -0.15) is 0 Å². The summed E-state index contributed by atoms with van der Waals surface area (Å²) in [6.07, 6.45) is 2.12. The lowest BCUT2D eigenvalue weighted by molar-refractivity contribution is 0.0951. The third kappa shape index (κ3) is 4.98. The van der Waals surface area contributed by atoms with Crippen molar-refractivity contribution in [2.45, 2.75) is 36.7 Å². The quantitative estimate of drug-likeness (QED) is 0.368. The van der Waals surface area contributed by atoms with E-state index in [0.29, 0.717) is 28.3 Å². The maximum Gasteiger partial charge on any atom is 0.251 e. The number of nitrogens with one attached hydrogen (secondary N) is 1. The number of aromatic nitrogens is 3. The van der Waals surface area contributed by atoms with Crippen molar-refractivity contribution >= 4 is 17.7 Å². The van der Waals surface area contributed by atoms with E-state index in [-0.39, 0.29) is 11.7 Å². The highest BCUT2D eigenvalue weighted by atomic mass is 32.2. The van der Waals surface area contributed by atoms with Gasteiger partial charge in [0.2, 0.25) is 0 Å². The van der Waals surface area contributed by atoms with Crippen LogP contribution < -0.4 is 5.32 Å². The third-order valence-corrected chi connectivity index (χ3v) is 6.50. The summed E-state index contributed by atoms with van der Waals surface area (Å²) >= 11 is 1.53. The molecule has 4 aromatic rings. The average Bonchev–Trinajstić information content (AvgIpc) is 3.55. The number of carbonyl (C=O) groups excluding carboxylic acids is 1. The number of aryl methyl sites for hydroxylation is 1. The number of rotatable bonds is 7. The fraction of sp³-hybridized carbons (Fsp3) is 0.192. The Morgan fingerprint density at radius 2 is 1.82 bits per heavy atom. The fourth-order valence-corrected chi connectivity index (χ4v) is 4.42. The predicted molar refractivity (Wildman–Crippen MR) is 128 cm³/mol. The fourth-order valence-electron chi connectivity index (χ4n) is 3.52. The molecule has 0 atom stereocenters. The smallest absolute Gasteiger partial charge is 0.251 e. The zero-order chi connectivity index (χ0) is 22.8. The molecule has 0 saturated heterocycles. The largest absolute Gasteiger partial charge is 0.349 e. The molecule has 1 aliphatic carbocycles. The van der Waals surface area contributed by atoms with Crippen molar-refractivity contribution in [3.63, 3.8) is 0 Å². The molecule has 1 fully saturated rings. The van der Waals surface area contributed by atoms with Crippen LogP contribution >= 0.6 is 11.8 Å². The highest BCUT2D eigenvalue weighted by Gasteiger charge is 2.24. The second-order valence-electron chi connectivity index (χ2n) is 8.22. The molecule has 33 heavy (non-hydrogen) atoms. The second kappa shape index (κ2) is 9.19. The summed E-state index contributed by atoms with van der Waals surface area (Å²) in [4.78, 5) is 12.4. The van der Waals surface area contributed by atoms with Gasteiger partial charge >= 0.3 is 0 Å². The molecule has 5 rings (SSSR count). The minimum atomic E-state index is -0.292. The molecule has 0 radical (unpaired) electrons. The lowest BCUT2D eigenvalue weighted by Gasteiger charge is -2.11. The summed E-state index contributed by atoms with van der Waals surface area (Å²) < 4.78 is 15.5. The Balaban J connectivity index is 1.43. The number of halogens is 1. The highest BCUT2D eigenvalue weighted by Crippen LogP contribution is 2.30. The first kappa shape index (κ1) is 21.4. The number of nitrogens with zero attached hydrogens (tertiary/aromatic N) is 3. The minimum Gasteiger partial charge on any atom is -0.349 e. The number of hydrogen-bond donors (Lipinski definition) is 1. The molecule has 5 nitrogen and oxygen atoms in total. The molecular weight excluding hydrogens is 435 g/mol. The Bertz CT molecular complexity index is 1280. The molecule has 0 bridgehead atoms. The number of hydrogen-bond acceptors (Lipinski definition) is 4. The molecule has 3 aromatic carbocycles. The Morgan fingerprint density at radius 3 is 2.55 bits per heavy atom. The first-order valence-corrected chi connectivity index (χ1v) is 11.9. The van der Waals surface area contributed by atoms with Crippen molar-refractivity contribution in [1.29, 1.82) is 0 Å². The van der Waals surface area contributed by atoms with Gasteiger partial charge < -0.3 is 5.32 Å². The van der Waals surface area contributed by atoms with Crippen molar-refractivity contribution in [2.24, 2.45) is 0 Å². The van der Waals surface area contributed by atoms with Gasteiger partial charge in [0.15, 0.2) is 11.0 Å². The van der Waals surface area contributed by atoms with Crippen molar-refractivity contribution in [3.05, 3.63) is 95.3 Å². The van der Waals surface area contributed by atoms with Gasteiger partial charge in [0.05, 0.1) is 0 Å². The molecular formula is C26H23FN4OS. The highest BCUT2D eigenvalue weighted by molar-refractivity contribution is 7.98. The minimum absolute atomic E-state index is 0.0273. The predicted octanol–water partition coefficient (Wildman–Crippen LogP) is 5.57. The van der Waals surface area contributed by atoms with Crippen LogP contribution in [-0.4, -0.2) is 26.7 Å². The van der Waals surface area contributed by atoms with Gasteiger partial charge in [0, 0.05) is 28.6 Å². The van der Waals surface area contributed by atoms with Crippen LogP contribution in [0.3, 0.4) is 0 Å². The molecule has 1 aromatic heterocycles. The van der Waals surface area contributed by atoms with E-state index in [2.05, 4.69) is 15.5 Å². The Hall–Kier alpha value is -3.45.